The lowest BCUT2D eigenvalue weighted by Crippen LogP contribution is -2.30. The first-order valence-corrected chi connectivity index (χ1v) is 26.6. The molecule has 0 aliphatic carbocycles. The van der Waals surface area contributed by atoms with Crippen molar-refractivity contribution in [2.45, 2.75) is 226 Å². The van der Waals surface area contributed by atoms with Gasteiger partial charge in [0.1, 0.15) is 13.2 Å². The van der Waals surface area contributed by atoms with Gasteiger partial charge in [-0.3, -0.25) is 14.4 Å². The lowest BCUT2D eigenvalue weighted by molar-refractivity contribution is -0.167. The molecule has 372 valence electrons. The molecule has 0 aliphatic heterocycles. The second kappa shape index (κ2) is 53.4. The second-order valence-electron chi connectivity index (χ2n) is 17.2. The highest BCUT2D eigenvalue weighted by molar-refractivity contribution is 5.71. The largest absolute Gasteiger partial charge is 0.462 e. The van der Waals surface area contributed by atoms with Gasteiger partial charge in [-0.25, -0.2) is 0 Å². The summed E-state index contributed by atoms with van der Waals surface area (Å²) >= 11 is 0. The number of carbonyl (C=O) groups is 3. The molecule has 0 saturated heterocycles. The summed E-state index contributed by atoms with van der Waals surface area (Å²) < 4.78 is 16.7. The fourth-order valence-corrected chi connectivity index (χ4v) is 6.84. The maximum absolute atomic E-state index is 12.8. The van der Waals surface area contributed by atoms with E-state index < -0.39 is 6.10 Å². The molecule has 0 heterocycles. The molecule has 1 atom stereocenters. The molecule has 0 bridgehead atoms. The van der Waals surface area contributed by atoms with Crippen molar-refractivity contribution >= 4 is 17.9 Å². The average molecular weight is 913 g/mol. The first-order chi connectivity index (χ1) is 32.5. The quantitative estimate of drug-likeness (QED) is 0.0199. The summed E-state index contributed by atoms with van der Waals surface area (Å²) in [6, 6.07) is 0. The summed E-state index contributed by atoms with van der Waals surface area (Å²) in [7, 11) is 0. The molecule has 0 amide bonds. The van der Waals surface area contributed by atoms with Gasteiger partial charge in [0, 0.05) is 19.3 Å². The molecule has 0 aromatic heterocycles. The highest BCUT2D eigenvalue weighted by Crippen LogP contribution is 2.12. The third-order valence-corrected chi connectivity index (χ3v) is 10.8. The Morgan fingerprint density at radius 3 is 1.12 bits per heavy atom. The summed E-state index contributed by atoms with van der Waals surface area (Å²) in [6.45, 7) is 6.37. The van der Waals surface area contributed by atoms with Crippen molar-refractivity contribution in [3.63, 3.8) is 0 Å². The molecule has 0 saturated carbocycles. The van der Waals surface area contributed by atoms with Gasteiger partial charge in [0.25, 0.3) is 0 Å². The first kappa shape index (κ1) is 61.8. The van der Waals surface area contributed by atoms with Crippen LogP contribution in [-0.2, 0) is 28.6 Å². The number of esters is 3. The molecular formula is C60H96O6. The zero-order valence-corrected chi connectivity index (χ0v) is 42.4. The minimum atomic E-state index is -0.832. The molecule has 1 unspecified atom stereocenters. The normalized spacial score (nSPS) is 13.1. The van der Waals surface area contributed by atoms with Crippen molar-refractivity contribution in [3.8, 4) is 0 Å². The summed E-state index contributed by atoms with van der Waals surface area (Å²) in [5.41, 5.74) is 0. The van der Waals surface area contributed by atoms with Gasteiger partial charge in [0.2, 0.25) is 0 Å². The predicted molar refractivity (Wildman–Crippen MR) is 283 cm³/mol. The van der Waals surface area contributed by atoms with Gasteiger partial charge in [-0.05, 0) is 96.3 Å². The Bertz CT molecular complexity index is 1420. The molecule has 66 heavy (non-hydrogen) atoms. The van der Waals surface area contributed by atoms with Crippen LogP contribution >= 0.6 is 0 Å². The number of allylic oxidation sites excluding steroid dienone is 20. The van der Waals surface area contributed by atoms with E-state index in [2.05, 4.69) is 81.5 Å². The van der Waals surface area contributed by atoms with Crippen LogP contribution in [0.5, 0.6) is 0 Å². The summed E-state index contributed by atoms with van der Waals surface area (Å²) in [5.74, 6) is -1.04. The number of rotatable bonds is 46. The minimum Gasteiger partial charge on any atom is -0.462 e. The zero-order chi connectivity index (χ0) is 47.9. The molecule has 6 heteroatoms. The smallest absolute Gasteiger partial charge is 0.306 e. The van der Waals surface area contributed by atoms with Gasteiger partial charge in [-0.1, -0.05) is 226 Å². The molecule has 0 aliphatic rings. The van der Waals surface area contributed by atoms with Crippen molar-refractivity contribution in [1.82, 2.24) is 0 Å². The highest BCUT2D eigenvalue weighted by Gasteiger charge is 2.19. The molecule has 0 aromatic carbocycles. The Morgan fingerprint density at radius 2 is 0.667 bits per heavy atom. The SMILES string of the molecule is CC\C=C/C=C\C=C/C=C\C=C\C=C/CCCCCC(=O)OCC(COC(=O)CCCCC/C=C\CCCCCCCCC)OC(=O)CCC/C=C\C/C=C\C/C=C\CCCCCCCC. The van der Waals surface area contributed by atoms with Crippen LogP contribution in [0.1, 0.15) is 220 Å². The third kappa shape index (κ3) is 50.8. The Kier molecular flexibility index (Phi) is 50.0. The number of carbonyl (C=O) groups excluding carboxylic acids is 3. The van der Waals surface area contributed by atoms with Crippen LogP contribution in [0, 0.1) is 0 Å². The summed E-state index contributed by atoms with van der Waals surface area (Å²) in [4.78, 5) is 38.0. The van der Waals surface area contributed by atoms with Crippen molar-refractivity contribution in [2.24, 2.45) is 0 Å². The number of hydrogen-bond acceptors (Lipinski definition) is 6. The van der Waals surface area contributed by atoms with E-state index in [-0.39, 0.29) is 44.0 Å². The summed E-state index contributed by atoms with van der Waals surface area (Å²) in [6.07, 6.45) is 73.3. The van der Waals surface area contributed by atoms with E-state index in [4.69, 9.17) is 14.2 Å². The van der Waals surface area contributed by atoms with Gasteiger partial charge in [0.15, 0.2) is 6.10 Å². The molecule has 0 N–H and O–H groups in total. The number of unbranched alkanes of at least 4 members (excludes halogenated alkanes) is 20. The van der Waals surface area contributed by atoms with E-state index in [1.807, 2.05) is 60.8 Å². The van der Waals surface area contributed by atoms with Gasteiger partial charge in [0.05, 0.1) is 0 Å². The monoisotopic (exact) mass is 913 g/mol. The maximum atomic E-state index is 12.8. The fourth-order valence-electron chi connectivity index (χ4n) is 6.84. The van der Waals surface area contributed by atoms with Crippen LogP contribution in [0.4, 0.5) is 0 Å². The van der Waals surface area contributed by atoms with E-state index in [9.17, 15) is 14.4 Å². The predicted octanol–water partition coefficient (Wildman–Crippen LogP) is 17.7. The van der Waals surface area contributed by atoms with E-state index in [0.717, 1.165) is 77.0 Å². The van der Waals surface area contributed by atoms with Crippen LogP contribution < -0.4 is 0 Å². The van der Waals surface area contributed by atoms with E-state index in [1.54, 1.807) is 0 Å². The van der Waals surface area contributed by atoms with Crippen molar-refractivity contribution in [3.05, 3.63) is 122 Å². The molecule has 6 nitrogen and oxygen atoms in total. The van der Waals surface area contributed by atoms with Crippen molar-refractivity contribution in [2.75, 3.05) is 13.2 Å². The lowest BCUT2D eigenvalue weighted by Gasteiger charge is -2.18. The van der Waals surface area contributed by atoms with Gasteiger partial charge in [-0.2, -0.15) is 0 Å². The first-order valence-electron chi connectivity index (χ1n) is 26.6. The van der Waals surface area contributed by atoms with Gasteiger partial charge in [-0.15, -0.1) is 0 Å². The van der Waals surface area contributed by atoms with Crippen molar-refractivity contribution < 1.29 is 28.6 Å². The zero-order valence-electron chi connectivity index (χ0n) is 42.4. The summed E-state index contributed by atoms with van der Waals surface area (Å²) in [5, 5.41) is 0. The molecule has 0 fully saturated rings. The lowest BCUT2D eigenvalue weighted by atomic mass is 10.1. The Balaban J connectivity index is 4.60. The standard InChI is InChI=1S/C60H96O6/c1-4-7-10-13-16-19-22-25-28-30-32-35-38-41-44-47-50-53-59(62)65-56-57(55-64-58(61)52-49-46-43-40-37-34-27-24-21-18-15-12-9-6-3)66-60(63)54-51-48-45-42-39-36-33-31-29-26-23-20-17-14-11-8-5-2/h7,10,13,16,19,22,25-26,28-30,32-38,42,45,57H,4-6,8-9,11-12,14-15,17-18,20-21,23-24,27,31,39-41,43-44,46-56H2,1-3H3/b10-7-,16-13-,22-19-,28-25-,29-26-,32-30+,36-33-,37-34-,38-35-,45-42-. The van der Waals surface area contributed by atoms with Crippen LogP contribution in [0.2, 0.25) is 0 Å². The van der Waals surface area contributed by atoms with E-state index in [0.29, 0.717) is 19.3 Å². The van der Waals surface area contributed by atoms with Crippen LogP contribution in [0.25, 0.3) is 0 Å². The second-order valence-corrected chi connectivity index (χ2v) is 17.2. The Hall–Kier alpha value is -4.19. The van der Waals surface area contributed by atoms with Gasteiger partial charge >= 0.3 is 17.9 Å². The number of ether oxygens (including phenoxy) is 3. The average Bonchev–Trinajstić information content (AvgIpc) is 3.31. The third-order valence-electron chi connectivity index (χ3n) is 10.8. The molecule has 0 spiro atoms. The van der Waals surface area contributed by atoms with Crippen LogP contribution in [0.15, 0.2) is 122 Å². The van der Waals surface area contributed by atoms with E-state index in [1.165, 1.54) is 89.9 Å². The molecule has 0 aromatic rings. The topological polar surface area (TPSA) is 78.9 Å². The maximum Gasteiger partial charge on any atom is 0.306 e. The van der Waals surface area contributed by atoms with Crippen LogP contribution in [-0.4, -0.2) is 37.2 Å². The number of hydrogen-bond donors (Lipinski definition) is 0. The fraction of sp³-hybridized carbons (Fsp3) is 0.617. The minimum absolute atomic E-state index is 0.124. The molecule has 0 rings (SSSR count). The highest BCUT2D eigenvalue weighted by atomic mass is 16.6. The van der Waals surface area contributed by atoms with Crippen LogP contribution in [0.3, 0.4) is 0 Å². The Labute approximate surface area is 405 Å². The molecular weight excluding hydrogens is 817 g/mol. The van der Waals surface area contributed by atoms with Crippen molar-refractivity contribution in [1.29, 1.82) is 0 Å². The molecule has 0 radical (unpaired) electrons. The Morgan fingerprint density at radius 1 is 0.333 bits per heavy atom. The van der Waals surface area contributed by atoms with E-state index >= 15 is 0 Å². The van der Waals surface area contributed by atoms with Gasteiger partial charge < -0.3 is 14.2 Å².